The number of aryl methyl sites for hydroxylation is 1. The zero-order valence-corrected chi connectivity index (χ0v) is 16.8. The third-order valence-corrected chi connectivity index (χ3v) is 5.05. The molecule has 146 valence electrons. The number of nitrogens with one attached hydrogen (secondary N) is 1. The average Bonchev–Trinajstić information content (AvgIpc) is 3.16. The minimum atomic E-state index is -0.125. The molecule has 2 aromatic carbocycles. The molecule has 0 unspecified atom stereocenters. The van der Waals surface area contributed by atoms with Crippen molar-refractivity contribution in [1.29, 1.82) is 0 Å². The Morgan fingerprint density at radius 2 is 1.68 bits per heavy atom. The molecule has 1 N–H and O–H groups in total. The van der Waals surface area contributed by atoms with Crippen molar-refractivity contribution < 1.29 is 14.3 Å². The molecule has 7 heteroatoms. The lowest BCUT2D eigenvalue weighted by Gasteiger charge is -2.05. The van der Waals surface area contributed by atoms with Crippen LogP contribution < -0.4 is 14.8 Å². The van der Waals surface area contributed by atoms with Gasteiger partial charge in [-0.05, 0) is 41.8 Å². The molecule has 1 amide bonds. The van der Waals surface area contributed by atoms with Crippen molar-refractivity contribution >= 4 is 22.4 Å². The van der Waals surface area contributed by atoms with Gasteiger partial charge in [-0.1, -0.05) is 42.5 Å². The van der Waals surface area contributed by atoms with Crippen LogP contribution in [0.4, 0.5) is 5.13 Å². The summed E-state index contributed by atoms with van der Waals surface area (Å²) in [5, 5.41) is 12.3. The molecule has 0 aliphatic rings. The molecule has 0 saturated heterocycles. The van der Waals surface area contributed by atoms with E-state index in [2.05, 4.69) is 34.6 Å². The van der Waals surface area contributed by atoms with Gasteiger partial charge in [-0.25, -0.2) is 0 Å². The second-order valence-electron chi connectivity index (χ2n) is 6.17. The number of hydrogen-bond acceptors (Lipinski definition) is 6. The summed E-state index contributed by atoms with van der Waals surface area (Å²) in [6, 6.07) is 15.5. The Bertz CT molecular complexity index is 892. The minimum absolute atomic E-state index is 0.125. The maximum absolute atomic E-state index is 12.2. The van der Waals surface area contributed by atoms with Gasteiger partial charge < -0.3 is 14.8 Å². The van der Waals surface area contributed by atoms with E-state index in [-0.39, 0.29) is 12.3 Å². The van der Waals surface area contributed by atoms with Gasteiger partial charge in [-0.3, -0.25) is 4.79 Å². The Labute approximate surface area is 168 Å². The fraction of sp³-hybridized carbons (Fsp3) is 0.286. The fourth-order valence-corrected chi connectivity index (χ4v) is 3.31. The summed E-state index contributed by atoms with van der Waals surface area (Å²) in [5.41, 5.74) is 2.19. The molecule has 3 aromatic rings. The van der Waals surface area contributed by atoms with Gasteiger partial charge in [0, 0.05) is 6.42 Å². The molecule has 0 aliphatic carbocycles. The highest BCUT2D eigenvalue weighted by Gasteiger charge is 2.09. The smallest absolute Gasteiger partial charge is 0.230 e. The van der Waals surface area contributed by atoms with E-state index < -0.39 is 0 Å². The summed E-state index contributed by atoms with van der Waals surface area (Å²) < 4.78 is 10.9. The molecule has 0 spiro atoms. The number of ether oxygens (including phenoxy) is 2. The van der Waals surface area contributed by atoms with Crippen LogP contribution in [0.2, 0.25) is 0 Å². The number of carbonyl (C=O) groups excluding carboxylic acids is 1. The van der Waals surface area contributed by atoms with Gasteiger partial charge in [0.2, 0.25) is 11.0 Å². The average molecular weight is 398 g/mol. The van der Waals surface area contributed by atoms with Crippen LogP contribution >= 0.6 is 11.3 Å². The van der Waals surface area contributed by atoms with Crippen LogP contribution in [0.5, 0.6) is 11.5 Å². The van der Waals surface area contributed by atoms with E-state index in [1.807, 2.05) is 36.4 Å². The molecule has 0 atom stereocenters. The van der Waals surface area contributed by atoms with E-state index in [9.17, 15) is 4.79 Å². The number of amides is 1. The number of methoxy groups -OCH3 is 1. The van der Waals surface area contributed by atoms with Crippen molar-refractivity contribution in [3.8, 4) is 11.5 Å². The molecule has 3 rings (SSSR count). The highest BCUT2D eigenvalue weighted by molar-refractivity contribution is 7.15. The first-order chi connectivity index (χ1) is 13.7. The van der Waals surface area contributed by atoms with E-state index >= 15 is 0 Å². The van der Waals surface area contributed by atoms with Crippen LogP contribution in [0.15, 0.2) is 48.5 Å². The summed E-state index contributed by atoms with van der Waals surface area (Å²) in [5.74, 6) is 1.48. The minimum Gasteiger partial charge on any atom is -0.497 e. The zero-order chi connectivity index (χ0) is 19.8. The molecule has 1 aromatic heterocycles. The van der Waals surface area contributed by atoms with Gasteiger partial charge >= 0.3 is 0 Å². The van der Waals surface area contributed by atoms with E-state index in [0.29, 0.717) is 18.2 Å². The lowest BCUT2D eigenvalue weighted by molar-refractivity contribution is -0.115. The molecular weight excluding hydrogens is 374 g/mol. The van der Waals surface area contributed by atoms with Crippen molar-refractivity contribution in [2.24, 2.45) is 0 Å². The number of nitrogens with zero attached hydrogens (tertiary/aromatic N) is 2. The van der Waals surface area contributed by atoms with E-state index in [0.717, 1.165) is 28.5 Å². The van der Waals surface area contributed by atoms with Gasteiger partial charge in [-0.2, -0.15) is 0 Å². The first-order valence-corrected chi connectivity index (χ1v) is 9.95. The predicted octanol–water partition coefficient (Wildman–Crippen LogP) is 3.91. The number of benzene rings is 2. The number of carbonyl (C=O) groups is 1. The van der Waals surface area contributed by atoms with Gasteiger partial charge in [0.25, 0.3) is 0 Å². The van der Waals surface area contributed by atoms with Crippen LogP contribution in [0.25, 0.3) is 0 Å². The number of aromatic nitrogens is 2. The van der Waals surface area contributed by atoms with Crippen LogP contribution in [0, 0.1) is 0 Å². The Morgan fingerprint density at radius 3 is 2.36 bits per heavy atom. The van der Waals surface area contributed by atoms with Gasteiger partial charge in [0.15, 0.2) is 0 Å². The van der Waals surface area contributed by atoms with Crippen molar-refractivity contribution in [3.63, 3.8) is 0 Å². The third kappa shape index (κ3) is 5.79. The van der Waals surface area contributed by atoms with Crippen molar-refractivity contribution in [2.75, 3.05) is 19.0 Å². The molecule has 6 nitrogen and oxygen atoms in total. The maximum Gasteiger partial charge on any atom is 0.230 e. The van der Waals surface area contributed by atoms with Gasteiger partial charge in [0.1, 0.15) is 16.5 Å². The number of anilines is 1. The summed E-state index contributed by atoms with van der Waals surface area (Å²) in [6.45, 7) is 2.64. The Hall–Kier alpha value is -2.93. The van der Waals surface area contributed by atoms with Crippen molar-refractivity contribution in [3.05, 3.63) is 64.7 Å². The van der Waals surface area contributed by atoms with E-state index in [1.54, 1.807) is 7.11 Å². The highest BCUT2D eigenvalue weighted by Crippen LogP contribution is 2.18. The first-order valence-electron chi connectivity index (χ1n) is 9.13. The Kier molecular flexibility index (Phi) is 6.97. The molecule has 0 saturated carbocycles. The molecular formula is C21H23N3O3S. The van der Waals surface area contributed by atoms with E-state index in [4.69, 9.17) is 9.47 Å². The SMILES string of the molecule is CCc1ccc(OCCc2nnc(NC(=O)Cc3ccc(OC)cc3)s2)cc1. The lowest BCUT2D eigenvalue weighted by Crippen LogP contribution is -2.14. The Balaban J connectivity index is 1.44. The summed E-state index contributed by atoms with van der Waals surface area (Å²) in [7, 11) is 1.61. The second-order valence-corrected chi connectivity index (χ2v) is 7.23. The fourth-order valence-electron chi connectivity index (χ4n) is 2.57. The molecule has 0 bridgehead atoms. The topological polar surface area (TPSA) is 73.3 Å². The second kappa shape index (κ2) is 9.85. The van der Waals surface area contributed by atoms with Crippen molar-refractivity contribution in [2.45, 2.75) is 26.2 Å². The molecule has 1 heterocycles. The largest absolute Gasteiger partial charge is 0.497 e. The van der Waals surface area contributed by atoms with Gasteiger partial charge in [0.05, 0.1) is 20.1 Å². The first kappa shape index (κ1) is 19.8. The van der Waals surface area contributed by atoms with Gasteiger partial charge in [-0.15, -0.1) is 10.2 Å². The monoisotopic (exact) mass is 397 g/mol. The standard InChI is InChI=1S/C21H23N3O3S/c1-3-15-4-10-18(11-5-15)27-13-12-20-23-24-21(28-20)22-19(25)14-16-6-8-17(26-2)9-7-16/h4-11H,3,12-14H2,1-2H3,(H,22,24,25). The normalized spacial score (nSPS) is 10.5. The highest BCUT2D eigenvalue weighted by atomic mass is 32.1. The van der Waals surface area contributed by atoms with Crippen LogP contribution in [-0.2, 0) is 24.1 Å². The predicted molar refractivity (Wildman–Crippen MR) is 110 cm³/mol. The van der Waals surface area contributed by atoms with Crippen molar-refractivity contribution in [1.82, 2.24) is 10.2 Å². The molecule has 28 heavy (non-hydrogen) atoms. The maximum atomic E-state index is 12.2. The van der Waals surface area contributed by atoms with Crippen LogP contribution in [-0.4, -0.2) is 29.8 Å². The van der Waals surface area contributed by atoms with E-state index in [1.165, 1.54) is 16.9 Å². The third-order valence-electron chi connectivity index (χ3n) is 4.15. The summed E-state index contributed by atoms with van der Waals surface area (Å²) >= 11 is 1.36. The number of rotatable bonds is 9. The van der Waals surface area contributed by atoms with Crippen LogP contribution in [0.1, 0.15) is 23.1 Å². The Morgan fingerprint density at radius 1 is 1.00 bits per heavy atom. The molecule has 0 radical (unpaired) electrons. The summed E-state index contributed by atoms with van der Waals surface area (Å²) in [4.78, 5) is 12.2. The van der Waals surface area contributed by atoms with Crippen LogP contribution in [0.3, 0.4) is 0 Å². The summed E-state index contributed by atoms with van der Waals surface area (Å²) in [6.07, 6.45) is 1.93. The molecule has 0 aliphatic heterocycles. The quantitative estimate of drug-likeness (QED) is 0.593. The zero-order valence-electron chi connectivity index (χ0n) is 16.0. The molecule has 0 fully saturated rings. The number of hydrogen-bond donors (Lipinski definition) is 1. The lowest BCUT2D eigenvalue weighted by atomic mass is 10.1.